The second kappa shape index (κ2) is 8.31. The highest BCUT2D eigenvalue weighted by Gasteiger charge is 2.62. The van der Waals surface area contributed by atoms with Crippen LogP contribution in [-0.4, -0.2) is 37.0 Å². The average molecular weight is 378 g/mol. The molecule has 2 aliphatic rings. The smallest absolute Gasteiger partial charge is 0.376 e. The molecule has 2 atom stereocenters. The topological polar surface area (TPSA) is 55.8 Å². The predicted molar refractivity (Wildman–Crippen MR) is 96.2 cm³/mol. The Morgan fingerprint density at radius 1 is 1.11 bits per heavy atom. The first-order valence-corrected chi connectivity index (χ1v) is 9.17. The van der Waals surface area contributed by atoms with Crippen LogP contribution in [0.3, 0.4) is 0 Å². The van der Waals surface area contributed by atoms with Gasteiger partial charge in [0.1, 0.15) is 13.2 Å². The van der Waals surface area contributed by atoms with Gasteiger partial charge in [0, 0.05) is 11.8 Å². The molecular formula is C21H24F2O4. The lowest BCUT2D eigenvalue weighted by molar-refractivity contribution is -0.232. The first-order chi connectivity index (χ1) is 12.9. The van der Waals surface area contributed by atoms with Gasteiger partial charge in [0.25, 0.3) is 0 Å². The van der Waals surface area contributed by atoms with E-state index in [4.69, 9.17) is 9.84 Å². The zero-order valence-electron chi connectivity index (χ0n) is 15.0. The van der Waals surface area contributed by atoms with Crippen molar-refractivity contribution in [2.45, 2.75) is 30.8 Å². The van der Waals surface area contributed by atoms with Crippen LogP contribution >= 0.6 is 0 Å². The Labute approximate surface area is 157 Å². The number of rotatable bonds is 10. The second-order valence-electron chi connectivity index (χ2n) is 7.02. The van der Waals surface area contributed by atoms with Gasteiger partial charge in [-0.1, -0.05) is 54.6 Å². The highest BCUT2D eigenvalue weighted by atomic mass is 19.3. The van der Waals surface area contributed by atoms with Crippen LogP contribution in [0.15, 0.2) is 54.6 Å². The summed E-state index contributed by atoms with van der Waals surface area (Å²) in [6, 6.07) is 10.4. The number of ether oxygens (including phenoxy) is 2. The van der Waals surface area contributed by atoms with E-state index in [2.05, 4.69) is 41.2 Å². The minimum absolute atomic E-state index is 0.0425. The van der Waals surface area contributed by atoms with E-state index in [-0.39, 0.29) is 31.0 Å². The van der Waals surface area contributed by atoms with Gasteiger partial charge in [-0.25, -0.2) is 0 Å². The highest BCUT2D eigenvalue weighted by molar-refractivity contribution is 5.69. The molecule has 27 heavy (non-hydrogen) atoms. The number of fused-ring (bicyclic) bond motifs is 1. The van der Waals surface area contributed by atoms with Crippen molar-refractivity contribution in [1.82, 2.24) is 0 Å². The number of carbonyl (C=O) groups excluding carboxylic acids is 1. The van der Waals surface area contributed by atoms with Crippen LogP contribution < -0.4 is 0 Å². The van der Waals surface area contributed by atoms with Gasteiger partial charge in [0.2, 0.25) is 0 Å². The van der Waals surface area contributed by atoms with E-state index in [9.17, 15) is 13.6 Å². The normalized spacial score (nSPS) is 25.9. The molecule has 4 nitrogen and oxygen atoms in total. The van der Waals surface area contributed by atoms with Gasteiger partial charge in [0.05, 0.1) is 6.61 Å². The first kappa shape index (κ1) is 19.7. The zero-order valence-corrected chi connectivity index (χ0v) is 15.0. The number of benzene rings is 1. The summed E-state index contributed by atoms with van der Waals surface area (Å²) >= 11 is 0. The summed E-state index contributed by atoms with van der Waals surface area (Å²) in [6.45, 7) is -1.38. The van der Waals surface area contributed by atoms with Crippen LogP contribution in [0, 0.1) is 11.8 Å². The van der Waals surface area contributed by atoms with Crippen LogP contribution in [0.25, 0.3) is 0 Å². The fraction of sp³-hybridized carbons (Fsp3) is 0.476. The Morgan fingerprint density at radius 2 is 1.78 bits per heavy atom. The molecule has 0 radical (unpaired) electrons. The summed E-state index contributed by atoms with van der Waals surface area (Å²) in [5, 5.41) is 8.23. The third-order valence-electron chi connectivity index (χ3n) is 5.26. The molecule has 1 fully saturated rings. The molecule has 6 heteroatoms. The summed E-state index contributed by atoms with van der Waals surface area (Å²) in [7, 11) is 0. The monoisotopic (exact) mass is 378 g/mol. The van der Waals surface area contributed by atoms with E-state index >= 15 is 0 Å². The van der Waals surface area contributed by atoms with E-state index in [1.165, 1.54) is 5.56 Å². The van der Waals surface area contributed by atoms with Crippen molar-refractivity contribution >= 4 is 5.97 Å². The number of alkyl halides is 2. The maximum Gasteiger partial charge on any atom is 0.376 e. The number of hydrogen-bond acceptors (Lipinski definition) is 4. The van der Waals surface area contributed by atoms with Crippen molar-refractivity contribution in [3.8, 4) is 0 Å². The molecule has 0 saturated heterocycles. The Balaban J connectivity index is 1.44. The summed E-state index contributed by atoms with van der Waals surface area (Å²) < 4.78 is 33.9. The van der Waals surface area contributed by atoms with Gasteiger partial charge in [-0.3, -0.25) is 4.79 Å². The predicted octanol–water partition coefficient (Wildman–Crippen LogP) is 3.61. The van der Waals surface area contributed by atoms with Crippen LogP contribution in [0.4, 0.5) is 8.78 Å². The molecule has 3 rings (SSSR count). The van der Waals surface area contributed by atoms with E-state index in [1.54, 1.807) is 0 Å². The van der Waals surface area contributed by atoms with Crippen LogP contribution in [-0.2, 0) is 19.7 Å². The number of allylic oxidation sites excluding steroid dienone is 4. The summed E-state index contributed by atoms with van der Waals surface area (Å²) in [4.78, 5) is 11.9. The molecule has 0 aliphatic heterocycles. The molecular weight excluding hydrogens is 354 g/mol. The minimum atomic E-state index is -3.86. The Morgan fingerprint density at radius 3 is 2.41 bits per heavy atom. The molecule has 2 aliphatic carbocycles. The molecule has 1 aromatic carbocycles. The Hall–Kier alpha value is -2.05. The number of halogens is 2. The van der Waals surface area contributed by atoms with Crippen LogP contribution in [0.5, 0.6) is 0 Å². The molecule has 0 aromatic heterocycles. The third kappa shape index (κ3) is 4.82. The fourth-order valence-electron chi connectivity index (χ4n) is 4.07. The zero-order chi connectivity index (χ0) is 19.3. The van der Waals surface area contributed by atoms with E-state index in [0.29, 0.717) is 18.3 Å². The minimum Gasteiger partial charge on any atom is -0.463 e. The van der Waals surface area contributed by atoms with Crippen LogP contribution in [0.1, 0.15) is 24.8 Å². The standard InChI is InChI=1S/C21H24F2O4/c22-21(23,25)15-26-13-14-27-19(24)11-6-12-20(16-7-2-1-3-8-16)17-9-4-5-10-18(17)20/h1-5,7-10,17-18,25H,6,11-15H2. The van der Waals surface area contributed by atoms with Crippen molar-refractivity contribution < 1.29 is 28.2 Å². The van der Waals surface area contributed by atoms with Crippen molar-refractivity contribution in [2.75, 3.05) is 19.8 Å². The number of hydrogen-bond donors (Lipinski definition) is 1. The van der Waals surface area contributed by atoms with Crippen molar-refractivity contribution in [3.05, 3.63) is 60.2 Å². The Bertz CT molecular complexity index is 676. The van der Waals surface area contributed by atoms with Crippen molar-refractivity contribution in [1.29, 1.82) is 0 Å². The van der Waals surface area contributed by atoms with Gasteiger partial charge in [-0.05, 0) is 30.2 Å². The maximum atomic E-state index is 12.2. The highest BCUT2D eigenvalue weighted by Crippen LogP contribution is 2.65. The molecule has 1 N–H and O–H groups in total. The SMILES string of the molecule is O=C(CCCC1(c2ccccc2)C2C=CC=CC21)OCCOCC(O)(F)F. The quantitative estimate of drug-likeness (QED) is 0.499. The lowest BCUT2D eigenvalue weighted by Crippen LogP contribution is -2.24. The van der Waals surface area contributed by atoms with E-state index in [1.807, 2.05) is 18.2 Å². The maximum absolute atomic E-state index is 12.2. The lowest BCUT2D eigenvalue weighted by Gasteiger charge is -2.18. The summed E-state index contributed by atoms with van der Waals surface area (Å²) in [5.41, 5.74) is 1.34. The molecule has 0 spiro atoms. The third-order valence-corrected chi connectivity index (χ3v) is 5.26. The average Bonchev–Trinajstić information content (AvgIpc) is 3.30. The number of esters is 1. The van der Waals surface area contributed by atoms with E-state index < -0.39 is 12.7 Å². The number of aliphatic hydroxyl groups is 1. The van der Waals surface area contributed by atoms with Gasteiger partial charge >= 0.3 is 12.1 Å². The second-order valence-corrected chi connectivity index (χ2v) is 7.02. The summed E-state index contributed by atoms with van der Waals surface area (Å²) in [5.74, 6) is 0.566. The first-order valence-electron chi connectivity index (χ1n) is 9.17. The van der Waals surface area contributed by atoms with Crippen molar-refractivity contribution in [2.24, 2.45) is 11.8 Å². The molecule has 0 heterocycles. The molecule has 146 valence electrons. The summed E-state index contributed by atoms with van der Waals surface area (Å²) in [6.07, 6.45) is 6.62. The Kier molecular flexibility index (Phi) is 6.07. The van der Waals surface area contributed by atoms with E-state index in [0.717, 1.165) is 6.42 Å². The van der Waals surface area contributed by atoms with Gasteiger partial charge in [-0.2, -0.15) is 8.78 Å². The fourth-order valence-corrected chi connectivity index (χ4v) is 4.07. The lowest BCUT2D eigenvalue weighted by atomic mass is 9.86. The largest absolute Gasteiger partial charge is 0.463 e. The van der Waals surface area contributed by atoms with Gasteiger partial charge in [-0.15, -0.1) is 0 Å². The van der Waals surface area contributed by atoms with Gasteiger partial charge < -0.3 is 14.6 Å². The van der Waals surface area contributed by atoms with Gasteiger partial charge in [0.15, 0.2) is 0 Å². The molecule has 1 saturated carbocycles. The molecule has 1 aromatic rings. The number of carbonyl (C=O) groups is 1. The molecule has 2 unspecified atom stereocenters. The van der Waals surface area contributed by atoms with Crippen molar-refractivity contribution in [3.63, 3.8) is 0 Å². The van der Waals surface area contributed by atoms with Crippen LogP contribution in [0.2, 0.25) is 0 Å². The molecule has 0 bridgehead atoms. The molecule has 0 amide bonds.